The number of hydrogen-bond donors (Lipinski definition) is 0. The van der Waals surface area contributed by atoms with Gasteiger partial charge < -0.3 is 4.42 Å². The van der Waals surface area contributed by atoms with Gasteiger partial charge in [-0.25, -0.2) is 4.39 Å². The van der Waals surface area contributed by atoms with Crippen LogP contribution >= 0.6 is 0 Å². The molecule has 4 aromatic carbocycles. The van der Waals surface area contributed by atoms with Crippen LogP contribution < -0.4 is 0 Å². The van der Waals surface area contributed by atoms with E-state index in [4.69, 9.17) is 4.42 Å². The molecule has 1 saturated carbocycles. The van der Waals surface area contributed by atoms with Crippen molar-refractivity contribution in [3.63, 3.8) is 0 Å². The van der Waals surface area contributed by atoms with Crippen LogP contribution in [0.2, 0.25) is 0 Å². The van der Waals surface area contributed by atoms with Gasteiger partial charge in [-0.2, -0.15) is 0 Å². The van der Waals surface area contributed by atoms with E-state index in [1.807, 2.05) is 68.4 Å². The molecule has 0 saturated heterocycles. The Morgan fingerprint density at radius 3 is 2.26 bits per heavy atom. The van der Waals surface area contributed by atoms with Crippen LogP contribution in [0.5, 0.6) is 0 Å². The number of fused-ring (bicyclic) bond motifs is 1. The Labute approximate surface area is 227 Å². The zero-order valence-corrected chi connectivity index (χ0v) is 22.1. The van der Waals surface area contributed by atoms with E-state index in [1.165, 1.54) is 17.7 Å². The third kappa shape index (κ3) is 4.61. The van der Waals surface area contributed by atoms with Gasteiger partial charge in [0.1, 0.15) is 17.2 Å². The van der Waals surface area contributed by atoms with Gasteiger partial charge in [-0.1, -0.05) is 55.5 Å². The summed E-state index contributed by atoms with van der Waals surface area (Å²) in [4.78, 5) is 26.5. The minimum Gasteiger partial charge on any atom is -0.455 e. The van der Waals surface area contributed by atoms with Gasteiger partial charge in [0, 0.05) is 34.8 Å². The van der Waals surface area contributed by atoms with Gasteiger partial charge in [0.15, 0.2) is 11.6 Å². The van der Waals surface area contributed by atoms with Crippen molar-refractivity contribution in [3.05, 3.63) is 119 Å². The van der Waals surface area contributed by atoms with Crippen molar-refractivity contribution >= 4 is 22.5 Å². The number of aryl methyl sites for hydroxylation is 1. The van der Waals surface area contributed by atoms with Crippen molar-refractivity contribution in [2.75, 3.05) is 0 Å². The number of halogens is 1. The standard InChI is InChI=1S/C35H29FO3/c1-3-30(37)33-29-19-24(13-16-32(29)39-34(33)23-11-14-27(36)15-12-23)28-20-25(10-9-22(28)2)31(38)21-35(17-18-35)26-7-5-4-6-8-26/h4-16,19-20H,3,17-18,21H2,1-2H3. The predicted octanol–water partition coefficient (Wildman–Crippen LogP) is 9.11. The maximum atomic E-state index is 13.6. The molecule has 1 aromatic heterocycles. The smallest absolute Gasteiger partial charge is 0.167 e. The molecule has 4 heteroatoms. The maximum absolute atomic E-state index is 13.6. The van der Waals surface area contributed by atoms with Crippen molar-refractivity contribution in [3.8, 4) is 22.5 Å². The SMILES string of the molecule is CCC(=O)c1c(-c2ccc(F)cc2)oc2ccc(-c3cc(C(=O)CC4(c5ccccc5)CC4)ccc3C)cc12. The first-order valence-corrected chi connectivity index (χ1v) is 13.4. The molecule has 5 aromatic rings. The molecular formula is C35H29FO3. The van der Waals surface area contributed by atoms with Crippen molar-refractivity contribution in [1.82, 2.24) is 0 Å². The summed E-state index contributed by atoms with van der Waals surface area (Å²) in [6.07, 6.45) is 2.88. The third-order valence-corrected chi connectivity index (χ3v) is 8.00. The molecule has 6 rings (SSSR count). The predicted molar refractivity (Wildman–Crippen MR) is 153 cm³/mol. The Balaban J connectivity index is 1.39. The van der Waals surface area contributed by atoms with E-state index in [0.29, 0.717) is 40.9 Å². The first-order chi connectivity index (χ1) is 18.9. The topological polar surface area (TPSA) is 47.3 Å². The zero-order chi connectivity index (χ0) is 27.1. The minimum atomic E-state index is -0.346. The number of benzene rings is 4. The highest BCUT2D eigenvalue weighted by molar-refractivity contribution is 6.12. The number of furan rings is 1. The third-order valence-electron chi connectivity index (χ3n) is 8.00. The van der Waals surface area contributed by atoms with Gasteiger partial charge in [-0.3, -0.25) is 9.59 Å². The average molecular weight is 517 g/mol. The molecule has 0 bridgehead atoms. The highest BCUT2D eigenvalue weighted by Crippen LogP contribution is 2.51. The van der Waals surface area contributed by atoms with E-state index in [9.17, 15) is 14.0 Å². The molecule has 0 unspecified atom stereocenters. The molecule has 1 fully saturated rings. The van der Waals surface area contributed by atoms with Crippen molar-refractivity contribution in [1.29, 1.82) is 0 Å². The summed E-state index contributed by atoms with van der Waals surface area (Å²) >= 11 is 0. The number of rotatable bonds is 8. The Morgan fingerprint density at radius 2 is 1.56 bits per heavy atom. The summed E-state index contributed by atoms with van der Waals surface area (Å²) in [6.45, 7) is 3.85. The van der Waals surface area contributed by atoms with Gasteiger partial charge in [0.2, 0.25) is 0 Å². The van der Waals surface area contributed by atoms with Crippen LogP contribution in [0.4, 0.5) is 4.39 Å². The Bertz CT molecular complexity index is 1710. The first kappa shape index (κ1) is 25.0. The number of carbonyl (C=O) groups excluding carboxylic acids is 2. The number of carbonyl (C=O) groups is 2. The van der Waals surface area contributed by atoms with Crippen LogP contribution in [0.25, 0.3) is 33.4 Å². The minimum absolute atomic E-state index is 0.0403. The lowest BCUT2D eigenvalue weighted by molar-refractivity contribution is 0.0967. The summed E-state index contributed by atoms with van der Waals surface area (Å²) < 4.78 is 19.7. The second-order valence-electron chi connectivity index (χ2n) is 10.6. The van der Waals surface area contributed by atoms with Crippen molar-refractivity contribution in [2.45, 2.75) is 44.9 Å². The Morgan fingerprint density at radius 1 is 0.846 bits per heavy atom. The molecule has 0 aliphatic heterocycles. The van der Waals surface area contributed by atoms with Gasteiger partial charge in [-0.15, -0.1) is 0 Å². The van der Waals surface area contributed by atoms with E-state index >= 15 is 0 Å². The second kappa shape index (κ2) is 9.77. The highest BCUT2D eigenvalue weighted by Gasteiger charge is 2.45. The lowest BCUT2D eigenvalue weighted by Gasteiger charge is -2.16. The maximum Gasteiger partial charge on any atom is 0.167 e. The van der Waals surface area contributed by atoms with Gasteiger partial charge in [0.05, 0.1) is 5.56 Å². The fourth-order valence-corrected chi connectivity index (χ4v) is 5.55. The molecule has 194 valence electrons. The Kier molecular flexibility index (Phi) is 6.26. The summed E-state index contributed by atoms with van der Waals surface area (Å²) in [5, 5.41) is 0.718. The summed E-state index contributed by atoms with van der Waals surface area (Å²) in [5.41, 5.74) is 6.54. The fraction of sp³-hybridized carbons (Fsp3) is 0.200. The van der Waals surface area contributed by atoms with Crippen molar-refractivity contribution < 1.29 is 18.4 Å². The second-order valence-corrected chi connectivity index (χ2v) is 10.6. The molecule has 0 N–H and O–H groups in total. The number of Topliss-reactive ketones (excluding diaryl/α,β-unsaturated/α-hetero) is 2. The number of ketones is 2. The monoisotopic (exact) mass is 516 g/mol. The Hall–Kier alpha value is -4.31. The van der Waals surface area contributed by atoms with Gasteiger partial charge in [-0.05, 0) is 84.5 Å². The fourth-order valence-electron chi connectivity index (χ4n) is 5.55. The normalized spacial score (nSPS) is 13.9. The molecule has 0 atom stereocenters. The van der Waals surface area contributed by atoms with Gasteiger partial charge in [0.25, 0.3) is 0 Å². The van der Waals surface area contributed by atoms with Crippen LogP contribution in [0.3, 0.4) is 0 Å². The highest BCUT2D eigenvalue weighted by atomic mass is 19.1. The average Bonchev–Trinajstić information content (AvgIpc) is 3.65. The van der Waals surface area contributed by atoms with E-state index in [2.05, 4.69) is 12.1 Å². The van der Waals surface area contributed by atoms with Crippen LogP contribution in [-0.4, -0.2) is 11.6 Å². The van der Waals surface area contributed by atoms with Crippen LogP contribution in [0.15, 0.2) is 95.4 Å². The van der Waals surface area contributed by atoms with E-state index in [0.717, 1.165) is 34.9 Å². The zero-order valence-electron chi connectivity index (χ0n) is 22.1. The summed E-state index contributed by atoms with van der Waals surface area (Å²) in [7, 11) is 0. The molecule has 0 radical (unpaired) electrons. The molecule has 1 heterocycles. The van der Waals surface area contributed by atoms with Crippen molar-refractivity contribution in [2.24, 2.45) is 0 Å². The number of hydrogen-bond acceptors (Lipinski definition) is 3. The molecule has 3 nitrogen and oxygen atoms in total. The lowest BCUT2D eigenvalue weighted by atomic mass is 9.87. The summed E-state index contributed by atoms with van der Waals surface area (Å²) in [5.74, 6) is 0.205. The van der Waals surface area contributed by atoms with Gasteiger partial charge >= 0.3 is 0 Å². The molecule has 0 amide bonds. The molecule has 0 spiro atoms. The van der Waals surface area contributed by atoms with Crippen LogP contribution in [0.1, 0.15) is 64.4 Å². The van der Waals surface area contributed by atoms with Crippen LogP contribution in [0, 0.1) is 12.7 Å². The largest absolute Gasteiger partial charge is 0.455 e. The lowest BCUT2D eigenvalue weighted by Crippen LogP contribution is -2.14. The molecular weight excluding hydrogens is 487 g/mol. The van der Waals surface area contributed by atoms with Crippen LogP contribution in [-0.2, 0) is 5.41 Å². The van der Waals surface area contributed by atoms with E-state index in [1.54, 1.807) is 12.1 Å². The van der Waals surface area contributed by atoms with E-state index in [-0.39, 0.29) is 22.8 Å². The summed E-state index contributed by atoms with van der Waals surface area (Å²) in [6, 6.07) is 28.0. The first-order valence-electron chi connectivity index (χ1n) is 13.4. The molecule has 1 aliphatic carbocycles. The molecule has 39 heavy (non-hydrogen) atoms. The quantitative estimate of drug-likeness (QED) is 0.193. The van der Waals surface area contributed by atoms with E-state index < -0.39 is 0 Å². The molecule has 1 aliphatic rings.